The van der Waals surface area contributed by atoms with Crippen molar-refractivity contribution in [2.75, 3.05) is 5.32 Å². The Balaban J connectivity index is 1.95. The van der Waals surface area contributed by atoms with E-state index in [0.29, 0.717) is 11.6 Å². The molecule has 114 valence electrons. The maximum atomic E-state index is 12.1. The molecule has 7 heteroatoms. The summed E-state index contributed by atoms with van der Waals surface area (Å²) >= 11 is 1.65. The van der Waals surface area contributed by atoms with Gasteiger partial charge in [-0.3, -0.25) is 10.1 Å². The van der Waals surface area contributed by atoms with Crippen LogP contribution in [0.1, 0.15) is 41.2 Å². The van der Waals surface area contributed by atoms with Gasteiger partial charge in [0.05, 0.1) is 16.7 Å². The number of hydrogen-bond acceptors (Lipinski definition) is 6. The number of nitrogens with zero attached hydrogens (tertiary/aromatic N) is 2. The molecule has 2 rings (SSSR count). The van der Waals surface area contributed by atoms with Crippen molar-refractivity contribution < 1.29 is 9.32 Å². The zero-order valence-electron chi connectivity index (χ0n) is 12.9. The average Bonchev–Trinajstić information content (AvgIpc) is 2.95. The molecule has 2 aromatic heterocycles. The molecule has 0 unspecified atom stereocenters. The first-order chi connectivity index (χ1) is 9.86. The van der Waals surface area contributed by atoms with Gasteiger partial charge in [-0.05, 0) is 34.6 Å². The molecule has 2 heterocycles. The van der Waals surface area contributed by atoms with Gasteiger partial charge in [-0.25, -0.2) is 4.98 Å². The highest BCUT2D eigenvalue weighted by molar-refractivity contribution is 7.11. The maximum absolute atomic E-state index is 12.1. The zero-order valence-corrected chi connectivity index (χ0v) is 13.7. The van der Waals surface area contributed by atoms with Crippen molar-refractivity contribution >= 4 is 23.1 Å². The molecule has 0 bridgehead atoms. The number of carbonyl (C=O) groups is 1. The predicted octanol–water partition coefficient (Wildman–Crippen LogP) is 2.73. The molecule has 2 atom stereocenters. The fraction of sp³-hybridized carbons (Fsp3) is 0.500. The molecule has 6 nitrogen and oxygen atoms in total. The first kappa shape index (κ1) is 15.7. The molecule has 21 heavy (non-hydrogen) atoms. The Bertz CT molecular complexity index is 635. The largest absolute Gasteiger partial charge is 0.360 e. The number of aromatic nitrogens is 2. The summed E-state index contributed by atoms with van der Waals surface area (Å²) in [7, 11) is 0. The van der Waals surface area contributed by atoms with Crippen LogP contribution in [-0.2, 0) is 4.79 Å². The lowest BCUT2D eigenvalue weighted by Gasteiger charge is -2.18. The summed E-state index contributed by atoms with van der Waals surface area (Å²) < 4.78 is 4.92. The Morgan fingerprint density at radius 3 is 2.57 bits per heavy atom. The average molecular weight is 308 g/mol. The van der Waals surface area contributed by atoms with E-state index in [1.165, 1.54) is 0 Å². The Kier molecular flexibility index (Phi) is 4.74. The third-order valence-electron chi connectivity index (χ3n) is 3.11. The lowest BCUT2D eigenvalue weighted by molar-refractivity contribution is -0.118. The van der Waals surface area contributed by atoms with Crippen LogP contribution in [0.4, 0.5) is 5.82 Å². The van der Waals surface area contributed by atoms with Crippen LogP contribution >= 0.6 is 11.3 Å². The van der Waals surface area contributed by atoms with Gasteiger partial charge in [-0.2, -0.15) is 0 Å². The van der Waals surface area contributed by atoms with E-state index < -0.39 is 0 Å². The first-order valence-corrected chi connectivity index (χ1v) is 7.62. The minimum absolute atomic E-state index is 0.0657. The molecular weight excluding hydrogens is 288 g/mol. The summed E-state index contributed by atoms with van der Waals surface area (Å²) in [5.41, 5.74) is 1.01. The van der Waals surface area contributed by atoms with Gasteiger partial charge in [-0.1, -0.05) is 5.16 Å². The predicted molar refractivity (Wildman–Crippen MR) is 82.5 cm³/mol. The van der Waals surface area contributed by atoms with Gasteiger partial charge in [0, 0.05) is 17.0 Å². The lowest BCUT2D eigenvalue weighted by Crippen LogP contribution is -2.39. The molecule has 1 amide bonds. The van der Waals surface area contributed by atoms with Crippen molar-refractivity contribution in [2.45, 2.75) is 46.7 Å². The zero-order chi connectivity index (χ0) is 15.6. The Morgan fingerprint density at radius 1 is 1.33 bits per heavy atom. The third kappa shape index (κ3) is 3.89. The summed E-state index contributed by atoms with van der Waals surface area (Å²) in [6.07, 6.45) is 0. The van der Waals surface area contributed by atoms with Crippen LogP contribution < -0.4 is 10.6 Å². The number of nitrogens with one attached hydrogen (secondary N) is 2. The van der Waals surface area contributed by atoms with Crippen LogP contribution in [0.5, 0.6) is 0 Å². The van der Waals surface area contributed by atoms with Gasteiger partial charge >= 0.3 is 0 Å². The number of anilines is 1. The fourth-order valence-electron chi connectivity index (χ4n) is 2.13. The molecule has 0 fully saturated rings. The van der Waals surface area contributed by atoms with Crippen molar-refractivity contribution in [2.24, 2.45) is 0 Å². The summed E-state index contributed by atoms with van der Waals surface area (Å²) in [4.78, 5) is 17.7. The quantitative estimate of drug-likeness (QED) is 0.887. The molecule has 0 aliphatic rings. The molecular formula is C14H20N4O2S. The fourth-order valence-corrected chi connectivity index (χ4v) is 3.07. The molecule has 2 aromatic rings. The second kappa shape index (κ2) is 6.36. The Hall–Kier alpha value is -1.73. The normalized spacial score (nSPS) is 14.0. The van der Waals surface area contributed by atoms with E-state index in [1.807, 2.05) is 27.7 Å². The van der Waals surface area contributed by atoms with Crippen LogP contribution in [0, 0.1) is 20.8 Å². The van der Waals surface area contributed by atoms with Crippen LogP contribution in [0.25, 0.3) is 0 Å². The van der Waals surface area contributed by atoms with Crippen LogP contribution in [0.2, 0.25) is 0 Å². The van der Waals surface area contributed by atoms with Gasteiger partial charge < -0.3 is 9.84 Å². The summed E-state index contributed by atoms with van der Waals surface area (Å²) in [5, 5.41) is 10.8. The first-order valence-electron chi connectivity index (χ1n) is 6.81. The molecule has 0 aromatic carbocycles. The second-order valence-corrected chi connectivity index (χ2v) is 6.34. The van der Waals surface area contributed by atoms with Gasteiger partial charge in [0.25, 0.3) is 0 Å². The number of amides is 1. The number of aryl methyl sites for hydroxylation is 3. The van der Waals surface area contributed by atoms with Gasteiger partial charge in [0.15, 0.2) is 5.82 Å². The Labute approximate surface area is 127 Å². The van der Waals surface area contributed by atoms with Crippen LogP contribution in [-0.4, -0.2) is 22.1 Å². The van der Waals surface area contributed by atoms with E-state index in [4.69, 9.17) is 4.52 Å². The Morgan fingerprint density at radius 2 is 2.05 bits per heavy atom. The summed E-state index contributed by atoms with van der Waals surface area (Å²) in [5.74, 6) is 0.952. The van der Waals surface area contributed by atoms with Crippen molar-refractivity contribution in [1.29, 1.82) is 0 Å². The van der Waals surface area contributed by atoms with Gasteiger partial charge in [0.1, 0.15) is 5.76 Å². The SMILES string of the molecule is Cc1cc(NC(=O)[C@H](C)N[C@@H](C)c2sc(C)nc2C)no1. The van der Waals surface area contributed by atoms with Crippen LogP contribution in [0.15, 0.2) is 10.6 Å². The minimum Gasteiger partial charge on any atom is -0.360 e. The van der Waals surface area contributed by atoms with E-state index in [1.54, 1.807) is 24.3 Å². The number of hydrogen-bond donors (Lipinski definition) is 2. The molecule has 0 saturated carbocycles. The molecule has 0 aliphatic carbocycles. The molecule has 0 spiro atoms. The van der Waals surface area contributed by atoms with E-state index in [-0.39, 0.29) is 18.0 Å². The van der Waals surface area contributed by atoms with E-state index >= 15 is 0 Å². The third-order valence-corrected chi connectivity index (χ3v) is 4.36. The summed E-state index contributed by atoms with van der Waals surface area (Å²) in [6.45, 7) is 9.60. The van der Waals surface area contributed by atoms with E-state index in [2.05, 4.69) is 20.8 Å². The van der Waals surface area contributed by atoms with Crippen molar-refractivity contribution in [3.05, 3.63) is 27.4 Å². The highest BCUT2D eigenvalue weighted by Gasteiger charge is 2.20. The molecule has 0 saturated heterocycles. The number of thiazole rings is 1. The van der Waals surface area contributed by atoms with Crippen LogP contribution in [0.3, 0.4) is 0 Å². The van der Waals surface area contributed by atoms with E-state index in [9.17, 15) is 4.79 Å². The molecule has 0 aliphatic heterocycles. The standard InChI is InChI=1S/C14H20N4O2S/c1-7-6-12(18-20-7)17-14(19)10(4)15-8(2)13-9(3)16-11(5)21-13/h6,8,10,15H,1-5H3,(H,17,18,19)/t8-,10-/m0/s1. The maximum Gasteiger partial charge on any atom is 0.242 e. The van der Waals surface area contributed by atoms with Gasteiger partial charge in [0.2, 0.25) is 5.91 Å². The van der Waals surface area contributed by atoms with Crippen molar-refractivity contribution in [3.8, 4) is 0 Å². The lowest BCUT2D eigenvalue weighted by atomic mass is 10.2. The van der Waals surface area contributed by atoms with E-state index in [0.717, 1.165) is 15.6 Å². The second-order valence-electron chi connectivity index (χ2n) is 5.10. The summed E-state index contributed by atoms with van der Waals surface area (Å²) in [6, 6.07) is 1.40. The smallest absolute Gasteiger partial charge is 0.242 e. The molecule has 2 N–H and O–H groups in total. The highest BCUT2D eigenvalue weighted by Crippen LogP contribution is 2.24. The van der Waals surface area contributed by atoms with Crippen molar-refractivity contribution in [3.63, 3.8) is 0 Å². The topological polar surface area (TPSA) is 80.0 Å². The highest BCUT2D eigenvalue weighted by atomic mass is 32.1. The van der Waals surface area contributed by atoms with Crippen molar-refractivity contribution in [1.82, 2.24) is 15.5 Å². The monoisotopic (exact) mass is 308 g/mol. The minimum atomic E-state index is -0.348. The number of carbonyl (C=O) groups excluding carboxylic acids is 1. The number of rotatable bonds is 5. The molecule has 0 radical (unpaired) electrons. The van der Waals surface area contributed by atoms with Gasteiger partial charge in [-0.15, -0.1) is 11.3 Å².